The smallest absolute Gasteiger partial charge is 0.282 e. The summed E-state index contributed by atoms with van der Waals surface area (Å²) in [6.45, 7) is 0. The van der Waals surface area contributed by atoms with E-state index in [0.717, 1.165) is 12.1 Å². The molecule has 0 aromatic heterocycles. The van der Waals surface area contributed by atoms with Crippen molar-refractivity contribution in [3.63, 3.8) is 0 Å². The van der Waals surface area contributed by atoms with Gasteiger partial charge in [-0.1, -0.05) is 11.6 Å². The fraction of sp³-hybridized carbons (Fsp3) is 0. The van der Waals surface area contributed by atoms with E-state index in [4.69, 9.17) is 26.7 Å². The Bertz CT molecular complexity index is 669. The van der Waals surface area contributed by atoms with Crippen LogP contribution >= 0.6 is 11.6 Å². The van der Waals surface area contributed by atoms with Crippen LogP contribution < -0.4 is 5.43 Å². The van der Waals surface area contributed by atoms with E-state index in [1.54, 1.807) is 0 Å². The fourth-order valence-electron chi connectivity index (χ4n) is 0.942. The fourth-order valence-corrected chi connectivity index (χ4v) is 1.61. The molecule has 0 bridgehead atoms. The summed E-state index contributed by atoms with van der Waals surface area (Å²) in [5.74, 6) is 0. The largest absolute Gasteiger partial charge is 0.294 e. The summed E-state index contributed by atoms with van der Waals surface area (Å²) in [4.78, 5) is -0.389. The Labute approximate surface area is 108 Å². The second kappa shape index (κ2) is 5.47. The minimum Gasteiger partial charge on any atom is -0.282 e. The Morgan fingerprint density at radius 3 is 2.50 bits per heavy atom. The van der Waals surface area contributed by atoms with Crippen molar-refractivity contribution >= 4 is 33.1 Å². The molecule has 18 heavy (non-hydrogen) atoms. The van der Waals surface area contributed by atoms with Gasteiger partial charge in [0.1, 0.15) is 12.1 Å². The van der Waals surface area contributed by atoms with Gasteiger partial charge < -0.3 is 0 Å². The van der Waals surface area contributed by atoms with E-state index in [-0.39, 0.29) is 15.6 Å². The topological polar surface area (TPSA) is 126 Å². The first-order chi connectivity index (χ1) is 8.38. The summed E-state index contributed by atoms with van der Waals surface area (Å²) in [5.41, 5.74) is 1.84. The summed E-state index contributed by atoms with van der Waals surface area (Å²) in [6.07, 6.45) is 0. The van der Waals surface area contributed by atoms with Crippen LogP contribution in [0.4, 0.5) is 5.69 Å². The number of hydrogen-bond donors (Lipinski definition) is 2. The lowest BCUT2D eigenvalue weighted by atomic mass is 10.3. The van der Waals surface area contributed by atoms with Crippen molar-refractivity contribution in [2.24, 2.45) is 5.10 Å². The first-order valence-electron chi connectivity index (χ1n) is 4.29. The molecule has 0 aliphatic carbocycles. The number of nitriles is 2. The maximum atomic E-state index is 10.9. The van der Waals surface area contributed by atoms with Crippen molar-refractivity contribution in [3.05, 3.63) is 23.2 Å². The van der Waals surface area contributed by atoms with Crippen LogP contribution in [0, 0.1) is 22.7 Å². The highest BCUT2D eigenvalue weighted by Gasteiger charge is 2.12. The van der Waals surface area contributed by atoms with Gasteiger partial charge in [-0.15, -0.1) is 0 Å². The molecule has 1 aromatic rings. The second-order valence-corrected chi connectivity index (χ2v) is 4.74. The highest BCUT2D eigenvalue weighted by molar-refractivity contribution is 7.85. The number of benzene rings is 1. The maximum absolute atomic E-state index is 10.9. The lowest BCUT2D eigenvalue weighted by molar-refractivity contribution is 0.483. The minimum atomic E-state index is -4.37. The van der Waals surface area contributed by atoms with E-state index in [9.17, 15) is 8.42 Å². The summed E-state index contributed by atoms with van der Waals surface area (Å²) in [5, 5.41) is 20.4. The molecule has 9 heteroatoms. The quantitative estimate of drug-likeness (QED) is 0.491. The lowest BCUT2D eigenvalue weighted by Crippen LogP contribution is -2.01. The van der Waals surface area contributed by atoms with Gasteiger partial charge in [0.25, 0.3) is 10.1 Å². The number of anilines is 1. The molecule has 0 amide bonds. The normalized spacial score (nSPS) is 10.0. The summed E-state index contributed by atoms with van der Waals surface area (Å²) < 4.78 is 30.6. The Morgan fingerprint density at radius 1 is 1.39 bits per heavy atom. The molecule has 0 aliphatic rings. The van der Waals surface area contributed by atoms with Gasteiger partial charge in [-0.3, -0.25) is 9.98 Å². The highest BCUT2D eigenvalue weighted by Crippen LogP contribution is 2.25. The Hall–Kier alpha value is -2.13. The predicted molar refractivity (Wildman–Crippen MR) is 63.6 cm³/mol. The molecule has 92 valence electrons. The van der Waals surface area contributed by atoms with Crippen LogP contribution in [0.2, 0.25) is 5.02 Å². The Morgan fingerprint density at radius 2 is 2.00 bits per heavy atom. The summed E-state index contributed by atoms with van der Waals surface area (Å²) in [6, 6.07) is 6.35. The monoisotopic (exact) mass is 284 g/mol. The Balaban J connectivity index is 3.16. The molecular formula is C9H5ClN4O3S. The molecular weight excluding hydrogens is 280 g/mol. The van der Waals surface area contributed by atoms with E-state index in [2.05, 4.69) is 10.5 Å². The molecule has 0 atom stereocenters. The van der Waals surface area contributed by atoms with Crippen molar-refractivity contribution in [1.29, 1.82) is 10.5 Å². The van der Waals surface area contributed by atoms with Gasteiger partial charge in [-0.25, -0.2) is 0 Å². The number of nitrogens with zero attached hydrogens (tertiary/aromatic N) is 3. The number of rotatable bonds is 3. The van der Waals surface area contributed by atoms with Gasteiger partial charge in [0.2, 0.25) is 5.71 Å². The standard InChI is InChI=1S/C9H5ClN4O3S/c10-8-2-1-7(18(15,16)17)3-9(8)14-13-6(4-11)5-12/h1-3,14H,(H,15,16,17). The average molecular weight is 285 g/mol. The number of halogens is 1. The molecule has 0 heterocycles. The molecule has 1 aromatic carbocycles. The zero-order valence-electron chi connectivity index (χ0n) is 8.62. The molecule has 0 radical (unpaired) electrons. The van der Waals surface area contributed by atoms with Crippen LogP contribution in [0.15, 0.2) is 28.2 Å². The van der Waals surface area contributed by atoms with Crippen LogP contribution in [-0.4, -0.2) is 18.7 Å². The van der Waals surface area contributed by atoms with Crippen molar-refractivity contribution in [2.45, 2.75) is 4.90 Å². The van der Waals surface area contributed by atoms with Gasteiger partial charge in [0.15, 0.2) is 0 Å². The van der Waals surface area contributed by atoms with E-state index < -0.39 is 15.8 Å². The van der Waals surface area contributed by atoms with Crippen LogP contribution in [0.3, 0.4) is 0 Å². The SMILES string of the molecule is N#CC(C#N)=NNc1cc(S(=O)(=O)O)ccc1Cl. The lowest BCUT2D eigenvalue weighted by Gasteiger charge is -2.04. The molecule has 0 unspecified atom stereocenters. The van der Waals surface area contributed by atoms with Crippen LogP contribution in [0.25, 0.3) is 0 Å². The van der Waals surface area contributed by atoms with Crippen LogP contribution in [-0.2, 0) is 10.1 Å². The van der Waals surface area contributed by atoms with E-state index in [0.29, 0.717) is 0 Å². The van der Waals surface area contributed by atoms with Crippen molar-refractivity contribution < 1.29 is 13.0 Å². The first-order valence-corrected chi connectivity index (χ1v) is 6.11. The zero-order chi connectivity index (χ0) is 13.8. The third-order valence-electron chi connectivity index (χ3n) is 1.74. The van der Waals surface area contributed by atoms with Crippen LogP contribution in [0.5, 0.6) is 0 Å². The highest BCUT2D eigenvalue weighted by atomic mass is 35.5. The predicted octanol–water partition coefficient (Wildman–Crippen LogP) is 1.40. The first kappa shape index (κ1) is 13.9. The maximum Gasteiger partial charge on any atom is 0.294 e. The van der Waals surface area contributed by atoms with Crippen LogP contribution in [0.1, 0.15) is 0 Å². The number of hydrazone groups is 1. The summed E-state index contributed by atoms with van der Waals surface area (Å²) >= 11 is 5.74. The molecule has 0 saturated heterocycles. The number of hydrogen-bond acceptors (Lipinski definition) is 6. The third-order valence-corrected chi connectivity index (χ3v) is 2.91. The number of nitrogens with one attached hydrogen (secondary N) is 1. The molecule has 0 aliphatic heterocycles. The second-order valence-electron chi connectivity index (χ2n) is 2.91. The van der Waals surface area contributed by atoms with E-state index in [1.165, 1.54) is 18.2 Å². The van der Waals surface area contributed by atoms with E-state index >= 15 is 0 Å². The molecule has 0 saturated carbocycles. The van der Waals surface area contributed by atoms with Gasteiger partial charge in [-0.2, -0.15) is 24.0 Å². The van der Waals surface area contributed by atoms with Gasteiger partial charge in [0.05, 0.1) is 15.6 Å². The van der Waals surface area contributed by atoms with Crippen molar-refractivity contribution in [2.75, 3.05) is 5.43 Å². The molecule has 7 nitrogen and oxygen atoms in total. The van der Waals surface area contributed by atoms with Gasteiger partial charge in [-0.05, 0) is 18.2 Å². The van der Waals surface area contributed by atoms with Crippen molar-refractivity contribution in [1.82, 2.24) is 0 Å². The van der Waals surface area contributed by atoms with Gasteiger partial charge >= 0.3 is 0 Å². The molecule has 1 rings (SSSR count). The third kappa shape index (κ3) is 3.43. The van der Waals surface area contributed by atoms with E-state index in [1.807, 2.05) is 0 Å². The Kier molecular flexibility index (Phi) is 4.23. The molecule has 0 spiro atoms. The minimum absolute atomic E-state index is 0.0368. The molecule has 2 N–H and O–H groups in total. The zero-order valence-corrected chi connectivity index (χ0v) is 10.2. The summed E-state index contributed by atoms with van der Waals surface area (Å²) in [7, 11) is -4.37. The average Bonchev–Trinajstić information content (AvgIpc) is 2.31. The molecule has 0 fully saturated rings. The van der Waals surface area contributed by atoms with Crippen molar-refractivity contribution in [3.8, 4) is 12.1 Å². The van der Waals surface area contributed by atoms with Gasteiger partial charge in [0, 0.05) is 0 Å².